The van der Waals surface area contributed by atoms with Gasteiger partial charge in [-0.2, -0.15) is 0 Å². The van der Waals surface area contributed by atoms with Gasteiger partial charge in [0.25, 0.3) is 0 Å². The lowest BCUT2D eigenvalue weighted by Crippen LogP contribution is -2.34. The predicted molar refractivity (Wildman–Crippen MR) is 310 cm³/mol. The summed E-state index contributed by atoms with van der Waals surface area (Å²) in [6, 6.07) is 39.5. The highest BCUT2D eigenvalue weighted by Gasteiger charge is 2.34. The van der Waals surface area contributed by atoms with E-state index in [1.807, 2.05) is 92.4 Å². The number of fused-ring (bicyclic) bond motifs is 8. The van der Waals surface area contributed by atoms with Gasteiger partial charge in [-0.15, -0.1) is 0 Å². The standard InChI is InChI=1S/C51H39B9N4O3S/c52-23-17-26(53)34(27(54)18-23)35-39(57)36-37-40(58)45(65)42(60)46(66)43(37)64-29-19-28(55)38(56)32(47(29)68-48(41(35)59)44(36)64)22-14-15-30-25(16-22)33-24(12-7-13-31(33)67-30)51-62-49(20-8-3-1-4-9-20)61-50(63-51)21-10-5-2-6-11-21/h1-19,65-66H,52-60H2. The minimum Gasteiger partial charge on any atom is -0.509 e. The third-order valence-corrected chi connectivity index (χ3v) is 15.7. The molecule has 4 heterocycles. The minimum absolute atomic E-state index is 0.0900. The maximum absolute atomic E-state index is 12.3. The van der Waals surface area contributed by atoms with Crippen LogP contribution in [0.25, 0.3) is 106 Å². The van der Waals surface area contributed by atoms with Gasteiger partial charge in [0.2, 0.25) is 0 Å². The van der Waals surface area contributed by atoms with Crippen LogP contribution in [-0.4, -0.2) is 100 Å². The zero-order valence-corrected chi connectivity index (χ0v) is 40.3. The van der Waals surface area contributed by atoms with Gasteiger partial charge in [0, 0.05) is 48.0 Å². The highest BCUT2D eigenvalue weighted by atomic mass is 32.2. The molecule has 0 amide bonds. The Kier molecular flexibility index (Phi) is 9.62. The number of nitrogens with zero attached hydrogens (tertiary/aromatic N) is 4. The molecule has 12 rings (SSSR count). The molecule has 7 nitrogen and oxygen atoms in total. The van der Waals surface area contributed by atoms with Crippen molar-refractivity contribution in [3.63, 3.8) is 0 Å². The number of benzene rings is 8. The molecule has 17 heteroatoms. The molecule has 0 radical (unpaired) electrons. The second-order valence-corrected chi connectivity index (χ2v) is 19.7. The van der Waals surface area contributed by atoms with Crippen LogP contribution in [0.5, 0.6) is 11.5 Å². The van der Waals surface area contributed by atoms with Gasteiger partial charge >= 0.3 is 0 Å². The van der Waals surface area contributed by atoms with Crippen molar-refractivity contribution in [1.29, 1.82) is 0 Å². The fraction of sp³-hybridized carbons (Fsp3) is 0. The third kappa shape index (κ3) is 6.10. The molecule has 3 aromatic heterocycles. The summed E-state index contributed by atoms with van der Waals surface area (Å²) < 4.78 is 8.94. The Labute approximate surface area is 405 Å². The van der Waals surface area contributed by atoms with Gasteiger partial charge in [0.05, 0.1) is 16.7 Å². The van der Waals surface area contributed by atoms with Crippen molar-refractivity contribution in [1.82, 2.24) is 19.5 Å². The van der Waals surface area contributed by atoms with Crippen molar-refractivity contribution in [3.05, 3.63) is 115 Å². The zero-order chi connectivity index (χ0) is 47.0. The number of furan rings is 1. The van der Waals surface area contributed by atoms with Crippen molar-refractivity contribution in [3.8, 4) is 73.6 Å². The van der Waals surface area contributed by atoms with Crippen molar-refractivity contribution in [2.24, 2.45) is 0 Å². The van der Waals surface area contributed by atoms with E-state index in [1.165, 1.54) is 38.4 Å². The summed E-state index contributed by atoms with van der Waals surface area (Å²) in [5.41, 5.74) is 21.1. The lowest BCUT2D eigenvalue weighted by Gasteiger charge is -2.29. The smallest absolute Gasteiger partial charge is 0.164 e. The average Bonchev–Trinajstić information content (AvgIpc) is 3.91. The fourth-order valence-electron chi connectivity index (χ4n) is 11.1. The van der Waals surface area contributed by atoms with Crippen LogP contribution in [0.4, 0.5) is 0 Å². The first-order valence-electron chi connectivity index (χ1n) is 23.1. The Hall–Kier alpha value is -7.10. The molecule has 68 heavy (non-hydrogen) atoms. The van der Waals surface area contributed by atoms with E-state index >= 15 is 0 Å². The Morgan fingerprint density at radius 1 is 0.456 bits per heavy atom. The quantitative estimate of drug-likeness (QED) is 0.184. The van der Waals surface area contributed by atoms with Crippen LogP contribution in [0.2, 0.25) is 0 Å². The summed E-state index contributed by atoms with van der Waals surface area (Å²) in [5.74, 6) is 1.97. The molecular formula is C51H39B9N4O3S. The van der Waals surface area contributed by atoms with Gasteiger partial charge < -0.3 is 19.2 Å². The van der Waals surface area contributed by atoms with E-state index in [2.05, 4.69) is 102 Å². The second kappa shape index (κ2) is 15.5. The molecule has 11 aromatic rings. The predicted octanol–water partition coefficient (Wildman–Crippen LogP) is -2.60. The molecule has 0 bridgehead atoms. The molecule has 0 unspecified atom stereocenters. The summed E-state index contributed by atoms with van der Waals surface area (Å²) in [6.07, 6.45) is 0. The van der Waals surface area contributed by atoms with E-state index in [0.29, 0.717) is 28.5 Å². The Balaban J connectivity index is 1.14. The van der Waals surface area contributed by atoms with E-state index in [9.17, 15) is 10.2 Å². The normalized spacial score (nSPS) is 12.1. The number of hydrogen-bond acceptors (Lipinski definition) is 7. The molecule has 1 aliphatic rings. The van der Waals surface area contributed by atoms with Gasteiger partial charge in [-0.1, -0.05) is 141 Å². The number of phenols is 2. The van der Waals surface area contributed by atoms with E-state index in [4.69, 9.17) is 19.4 Å². The van der Waals surface area contributed by atoms with Crippen LogP contribution in [0.1, 0.15) is 0 Å². The summed E-state index contributed by atoms with van der Waals surface area (Å²) in [5, 5.41) is 27.7. The van der Waals surface area contributed by atoms with Crippen molar-refractivity contribution in [2.75, 3.05) is 0 Å². The lowest BCUT2D eigenvalue weighted by atomic mass is 9.67. The highest BCUT2D eigenvalue weighted by molar-refractivity contribution is 8.00. The Morgan fingerprint density at radius 2 is 1.09 bits per heavy atom. The first-order valence-corrected chi connectivity index (χ1v) is 23.9. The van der Waals surface area contributed by atoms with Crippen molar-refractivity contribution in [2.45, 2.75) is 9.79 Å². The van der Waals surface area contributed by atoms with Crippen molar-refractivity contribution < 1.29 is 14.6 Å². The SMILES string of the molecule is Bc1cc(B)c(-c2c(B)c3c4c(c2B)c2c(B)c(O)c(B)c(O)c2n4-c2cc(B)c(B)c(-c4ccc5oc6cccc(-c7nc(-c8ccccc8)nc(-c8ccccc8)n7)c6c5c4)c2S3)c(B)c1. The fourth-order valence-corrected chi connectivity index (χ4v) is 12.5. The monoisotopic (exact) mass is 886 g/mol. The highest BCUT2D eigenvalue weighted by Crippen LogP contribution is 2.51. The molecule has 314 valence electrons. The van der Waals surface area contributed by atoms with Crippen LogP contribution in [0.15, 0.2) is 129 Å². The van der Waals surface area contributed by atoms with Crippen LogP contribution in [-0.2, 0) is 0 Å². The summed E-state index contributed by atoms with van der Waals surface area (Å²) >= 11 is 1.81. The van der Waals surface area contributed by atoms with Crippen LogP contribution >= 0.6 is 11.8 Å². The largest absolute Gasteiger partial charge is 0.509 e. The summed E-state index contributed by atoms with van der Waals surface area (Å²) in [6.45, 7) is 0. The minimum atomic E-state index is 0.0900. The van der Waals surface area contributed by atoms with E-state index in [0.717, 1.165) is 97.9 Å². The average molecular weight is 885 g/mol. The van der Waals surface area contributed by atoms with Gasteiger partial charge in [0.1, 0.15) is 93.3 Å². The molecule has 0 saturated heterocycles. The molecule has 0 spiro atoms. The third-order valence-electron chi connectivity index (χ3n) is 14.4. The van der Waals surface area contributed by atoms with Gasteiger partial charge in [-0.05, 0) is 57.4 Å². The molecule has 0 saturated carbocycles. The Morgan fingerprint density at radius 3 is 1.75 bits per heavy atom. The maximum Gasteiger partial charge on any atom is 0.164 e. The van der Waals surface area contributed by atoms with Gasteiger partial charge in [-0.3, -0.25) is 0 Å². The molecule has 0 atom stereocenters. The van der Waals surface area contributed by atoms with Crippen LogP contribution in [0, 0.1) is 0 Å². The first kappa shape index (κ1) is 42.3. The van der Waals surface area contributed by atoms with E-state index in [1.54, 1.807) is 7.85 Å². The number of rotatable bonds is 5. The first-order chi connectivity index (χ1) is 32.8. The van der Waals surface area contributed by atoms with Crippen molar-refractivity contribution >= 4 is 175 Å². The molecule has 8 aromatic carbocycles. The zero-order valence-electron chi connectivity index (χ0n) is 39.5. The van der Waals surface area contributed by atoms with Gasteiger partial charge in [-0.25, -0.2) is 15.0 Å². The van der Waals surface area contributed by atoms with Crippen LogP contribution in [0.3, 0.4) is 0 Å². The number of hydrogen-bond donors (Lipinski definition) is 2. The molecule has 0 aliphatic carbocycles. The number of aromatic nitrogens is 4. The van der Waals surface area contributed by atoms with E-state index in [-0.39, 0.29) is 11.5 Å². The molecule has 0 fully saturated rings. The van der Waals surface area contributed by atoms with Gasteiger partial charge in [0.15, 0.2) is 17.5 Å². The molecule has 2 N–H and O–H groups in total. The Bertz CT molecular complexity index is 3950. The number of phenolic OH excluding ortho intramolecular Hbond substituents is 2. The lowest BCUT2D eigenvalue weighted by molar-refractivity contribution is 0.464. The maximum atomic E-state index is 12.3. The summed E-state index contributed by atoms with van der Waals surface area (Å²) in [7, 11) is 19.2. The summed E-state index contributed by atoms with van der Waals surface area (Å²) in [4.78, 5) is 17.5. The molecule has 1 aliphatic heterocycles. The molecular weight excluding hydrogens is 846 g/mol. The van der Waals surface area contributed by atoms with Crippen LogP contribution < -0.4 is 49.2 Å². The topological polar surface area (TPSA) is 97.2 Å². The number of aromatic hydroxyl groups is 2. The second-order valence-electron chi connectivity index (χ2n) is 18.6. The van der Waals surface area contributed by atoms with E-state index < -0.39 is 0 Å².